The predicted molar refractivity (Wildman–Crippen MR) is 173 cm³/mol. The summed E-state index contributed by atoms with van der Waals surface area (Å²) in [5, 5.41) is 8.55. The quantitative estimate of drug-likeness (QED) is 0.266. The molecule has 258 valence electrons. The number of nitrogens with two attached hydrogens (primary N) is 1. The van der Waals surface area contributed by atoms with Crippen LogP contribution in [0.4, 0.5) is 4.79 Å². The van der Waals surface area contributed by atoms with E-state index in [1.54, 1.807) is 9.80 Å². The first-order valence-electron chi connectivity index (χ1n) is 17.1. The molecule has 0 bridgehead atoms. The van der Waals surface area contributed by atoms with Crippen LogP contribution in [-0.2, 0) is 24.0 Å². The van der Waals surface area contributed by atoms with Crippen molar-refractivity contribution in [3.63, 3.8) is 0 Å². The van der Waals surface area contributed by atoms with E-state index < -0.39 is 64.5 Å². The first kappa shape index (κ1) is 35.7. The van der Waals surface area contributed by atoms with Gasteiger partial charge in [-0.1, -0.05) is 74.7 Å². The number of Topliss-reactive ketones (excluding diaryl/α,β-unsaturated/α-hetero) is 1. The van der Waals surface area contributed by atoms with Gasteiger partial charge in [0.15, 0.2) is 0 Å². The van der Waals surface area contributed by atoms with Gasteiger partial charge < -0.3 is 31.5 Å². The highest BCUT2D eigenvalue weighted by molar-refractivity contribution is 6.37. The zero-order chi connectivity index (χ0) is 34.3. The number of hydrogen-bond acceptors (Lipinski definition) is 6. The van der Waals surface area contributed by atoms with Gasteiger partial charge in [0.25, 0.3) is 5.91 Å². The largest absolute Gasteiger partial charge is 0.363 e. The summed E-state index contributed by atoms with van der Waals surface area (Å²) >= 11 is 0. The number of ketones is 1. The number of likely N-dealkylation sites (tertiary alicyclic amines) is 2. The highest BCUT2D eigenvalue weighted by Crippen LogP contribution is 2.53. The smallest absolute Gasteiger partial charge is 0.316 e. The lowest BCUT2D eigenvalue weighted by atomic mass is 9.57. The Balaban J connectivity index is 1.56. The lowest BCUT2D eigenvalue weighted by Gasteiger charge is -2.46. The maximum Gasteiger partial charge on any atom is 0.316 e. The molecule has 4 rings (SSSR count). The van der Waals surface area contributed by atoms with E-state index in [2.05, 4.69) is 29.8 Å². The standard InChI is InChI=1S/C34H56N6O6/c1-18-19(2)23-21(18)17-40(24(23)29(43)36-22(25(41)28(35)42)16-20-12-11-13-20)31(45)27(34(6,7)8)38-32(46)37-26(33(3,4)5)30(44)39-14-9-10-15-39/h18-24,26-27H,9-17H2,1-8H3,(H2,35,42)(H,36,43)(H2,37,38,46)/t18-,19?,21+,22?,23-,24-,26+,27+/m0/s1. The van der Waals surface area contributed by atoms with Crippen LogP contribution in [0.2, 0.25) is 0 Å². The van der Waals surface area contributed by atoms with Gasteiger partial charge in [0.2, 0.25) is 23.5 Å². The molecule has 12 heteroatoms. The number of primary amides is 1. The minimum absolute atomic E-state index is 0.0874. The van der Waals surface area contributed by atoms with Crippen molar-refractivity contribution >= 4 is 35.4 Å². The molecular weight excluding hydrogens is 588 g/mol. The molecule has 0 spiro atoms. The van der Waals surface area contributed by atoms with Crippen LogP contribution in [0.15, 0.2) is 0 Å². The highest BCUT2D eigenvalue weighted by atomic mass is 16.2. The van der Waals surface area contributed by atoms with E-state index in [1.165, 1.54) is 0 Å². The second-order valence-corrected chi connectivity index (χ2v) is 16.5. The average Bonchev–Trinajstić information content (AvgIpc) is 3.60. The molecule has 0 aromatic carbocycles. The molecule has 12 nitrogen and oxygen atoms in total. The maximum atomic E-state index is 14.4. The third kappa shape index (κ3) is 7.35. The molecule has 2 saturated heterocycles. The van der Waals surface area contributed by atoms with Crippen molar-refractivity contribution in [2.75, 3.05) is 19.6 Å². The third-order valence-corrected chi connectivity index (χ3v) is 11.1. The molecule has 8 atom stereocenters. The average molecular weight is 645 g/mol. The van der Waals surface area contributed by atoms with E-state index in [-0.39, 0.29) is 35.5 Å². The van der Waals surface area contributed by atoms with Crippen LogP contribution in [0.1, 0.15) is 93.9 Å². The summed E-state index contributed by atoms with van der Waals surface area (Å²) in [7, 11) is 0. The number of carbonyl (C=O) groups is 6. The van der Waals surface area contributed by atoms with Crippen LogP contribution in [0.3, 0.4) is 0 Å². The number of urea groups is 1. The minimum atomic E-state index is -1.09. The van der Waals surface area contributed by atoms with Gasteiger partial charge in [0.1, 0.15) is 18.1 Å². The van der Waals surface area contributed by atoms with Gasteiger partial charge in [-0.2, -0.15) is 0 Å². The molecule has 0 aromatic heterocycles. The van der Waals surface area contributed by atoms with Crippen LogP contribution in [0, 0.1) is 40.4 Å². The fourth-order valence-electron chi connectivity index (χ4n) is 7.85. The van der Waals surface area contributed by atoms with Crippen molar-refractivity contribution in [2.45, 2.75) is 118 Å². The number of fused-ring (bicyclic) bond motifs is 1. The first-order valence-corrected chi connectivity index (χ1v) is 17.1. The second kappa shape index (κ2) is 13.5. The summed E-state index contributed by atoms with van der Waals surface area (Å²) in [5.74, 6) is -2.30. The number of hydrogen-bond donors (Lipinski definition) is 4. The number of rotatable bonds is 10. The van der Waals surface area contributed by atoms with E-state index in [0.717, 1.165) is 32.1 Å². The molecule has 4 aliphatic rings. The highest BCUT2D eigenvalue weighted by Gasteiger charge is 2.60. The molecule has 0 radical (unpaired) electrons. The Morgan fingerprint density at radius 2 is 1.33 bits per heavy atom. The van der Waals surface area contributed by atoms with E-state index >= 15 is 0 Å². The fourth-order valence-corrected chi connectivity index (χ4v) is 7.85. The zero-order valence-electron chi connectivity index (χ0n) is 29.0. The molecule has 6 amide bonds. The van der Waals surface area contributed by atoms with Gasteiger partial charge in [-0.15, -0.1) is 0 Å². The van der Waals surface area contributed by atoms with E-state index in [9.17, 15) is 28.8 Å². The molecule has 2 heterocycles. The predicted octanol–water partition coefficient (Wildman–Crippen LogP) is 2.20. The van der Waals surface area contributed by atoms with Crippen LogP contribution in [0.25, 0.3) is 0 Å². The third-order valence-electron chi connectivity index (χ3n) is 11.1. The molecule has 2 unspecified atom stereocenters. The molecule has 5 N–H and O–H groups in total. The Morgan fingerprint density at radius 3 is 1.80 bits per heavy atom. The van der Waals surface area contributed by atoms with Crippen molar-refractivity contribution < 1.29 is 28.8 Å². The molecule has 2 saturated carbocycles. The summed E-state index contributed by atoms with van der Waals surface area (Å²) in [6.07, 6.45) is 5.08. The first-order chi connectivity index (χ1) is 21.3. The Hall–Kier alpha value is -3.18. The summed E-state index contributed by atoms with van der Waals surface area (Å²) in [4.78, 5) is 83.4. The van der Waals surface area contributed by atoms with Crippen molar-refractivity contribution in [3.05, 3.63) is 0 Å². The van der Waals surface area contributed by atoms with Gasteiger partial charge in [-0.3, -0.25) is 24.0 Å². The van der Waals surface area contributed by atoms with E-state index in [4.69, 9.17) is 5.73 Å². The summed E-state index contributed by atoms with van der Waals surface area (Å²) in [5.41, 5.74) is 4.05. The SMILES string of the molecule is CC1[C@H]2[C@H](CN(C(=O)[C@@H](NC(=O)N[C@H](C(=O)N3CCCC3)C(C)(C)C)C(C)(C)C)[C@@H]2C(=O)NC(CC2CCC2)C(=O)C(N)=O)[C@H]1C. The maximum absolute atomic E-state index is 14.4. The van der Waals surface area contributed by atoms with Crippen LogP contribution in [-0.4, -0.2) is 89.0 Å². The number of carbonyl (C=O) groups excluding carboxylic acids is 6. The van der Waals surface area contributed by atoms with Crippen molar-refractivity contribution in [3.8, 4) is 0 Å². The molecule has 4 fully saturated rings. The molecule has 46 heavy (non-hydrogen) atoms. The molecular formula is C34H56N6O6. The Bertz CT molecular complexity index is 1210. The van der Waals surface area contributed by atoms with Gasteiger partial charge in [-0.05, 0) is 59.7 Å². The van der Waals surface area contributed by atoms with Gasteiger partial charge >= 0.3 is 6.03 Å². The van der Waals surface area contributed by atoms with Crippen LogP contribution < -0.4 is 21.7 Å². The normalized spacial score (nSPS) is 28.2. The van der Waals surface area contributed by atoms with Crippen LogP contribution >= 0.6 is 0 Å². The van der Waals surface area contributed by atoms with Gasteiger partial charge in [0.05, 0.1) is 6.04 Å². The van der Waals surface area contributed by atoms with Gasteiger partial charge in [0, 0.05) is 19.6 Å². The summed E-state index contributed by atoms with van der Waals surface area (Å²) in [6.45, 7) is 17.1. The van der Waals surface area contributed by atoms with Crippen molar-refractivity contribution in [1.82, 2.24) is 25.8 Å². The lowest BCUT2D eigenvalue weighted by Crippen LogP contribution is -2.63. The van der Waals surface area contributed by atoms with Crippen molar-refractivity contribution in [1.29, 1.82) is 0 Å². The van der Waals surface area contributed by atoms with Crippen molar-refractivity contribution in [2.24, 2.45) is 46.2 Å². The minimum Gasteiger partial charge on any atom is -0.363 e. The second-order valence-electron chi connectivity index (χ2n) is 16.5. The monoisotopic (exact) mass is 644 g/mol. The summed E-state index contributed by atoms with van der Waals surface area (Å²) in [6, 6.07) is -4.32. The zero-order valence-corrected chi connectivity index (χ0v) is 29.0. The topological polar surface area (TPSA) is 171 Å². The lowest BCUT2D eigenvalue weighted by molar-refractivity contribution is -0.145. The molecule has 0 aromatic rings. The Morgan fingerprint density at radius 1 is 0.783 bits per heavy atom. The summed E-state index contributed by atoms with van der Waals surface area (Å²) < 4.78 is 0. The Labute approximate surface area is 273 Å². The van der Waals surface area contributed by atoms with Crippen LogP contribution in [0.5, 0.6) is 0 Å². The number of nitrogens with one attached hydrogen (secondary N) is 3. The number of nitrogens with zero attached hydrogens (tertiary/aromatic N) is 2. The fraction of sp³-hybridized carbons (Fsp3) is 0.824. The number of amides is 6. The Kier molecular flexibility index (Phi) is 10.5. The molecule has 2 aliphatic carbocycles. The van der Waals surface area contributed by atoms with E-state index in [1.807, 2.05) is 41.5 Å². The molecule has 2 aliphatic heterocycles. The van der Waals surface area contributed by atoms with E-state index in [0.29, 0.717) is 26.1 Å². The van der Waals surface area contributed by atoms with Gasteiger partial charge in [-0.25, -0.2) is 4.79 Å².